The zero-order valence-corrected chi connectivity index (χ0v) is 10.1. The molecule has 0 bridgehead atoms. The van der Waals surface area contributed by atoms with Crippen molar-refractivity contribution in [2.75, 3.05) is 0 Å². The van der Waals surface area contributed by atoms with Crippen LogP contribution in [0.25, 0.3) is 0 Å². The lowest BCUT2D eigenvalue weighted by atomic mass is 9.81. The van der Waals surface area contributed by atoms with Gasteiger partial charge in [0.25, 0.3) is 0 Å². The average Bonchev–Trinajstić information content (AvgIpc) is 2.53. The zero-order valence-electron chi connectivity index (χ0n) is 10.1. The van der Waals surface area contributed by atoms with Gasteiger partial charge in [-0.05, 0) is 37.0 Å². The van der Waals surface area contributed by atoms with Crippen LogP contribution < -0.4 is 0 Å². The van der Waals surface area contributed by atoms with Gasteiger partial charge >= 0.3 is 0 Å². The van der Waals surface area contributed by atoms with Gasteiger partial charge < -0.3 is 5.11 Å². The van der Waals surface area contributed by atoms with Crippen LogP contribution in [0.5, 0.6) is 0 Å². The van der Waals surface area contributed by atoms with E-state index in [4.69, 9.17) is 0 Å². The summed E-state index contributed by atoms with van der Waals surface area (Å²) in [4.78, 5) is 0. The van der Waals surface area contributed by atoms with Crippen LogP contribution in [0, 0.1) is 17.8 Å². The minimum atomic E-state index is 0.0144. The fourth-order valence-electron chi connectivity index (χ4n) is 3.68. The van der Waals surface area contributed by atoms with Crippen LogP contribution in [0.2, 0.25) is 0 Å². The second kappa shape index (κ2) is 5.34. The van der Waals surface area contributed by atoms with Crippen molar-refractivity contribution in [1.29, 1.82) is 0 Å². The summed E-state index contributed by atoms with van der Waals surface area (Å²) in [6, 6.07) is 0. The summed E-state index contributed by atoms with van der Waals surface area (Å²) < 4.78 is 0. The standard InChI is InChI=1S/C14H26O/c1-11-7-6-10-13(11)14(15)12-8-4-2-3-5-9-12/h11-15H,2-10H2,1H3. The molecule has 1 N–H and O–H groups in total. The molecule has 0 amide bonds. The minimum absolute atomic E-state index is 0.0144. The molecule has 0 saturated heterocycles. The van der Waals surface area contributed by atoms with Gasteiger partial charge in [0.15, 0.2) is 0 Å². The fraction of sp³-hybridized carbons (Fsp3) is 1.00. The molecule has 3 atom stereocenters. The van der Waals surface area contributed by atoms with E-state index in [2.05, 4.69) is 6.92 Å². The van der Waals surface area contributed by atoms with E-state index in [1.54, 1.807) is 0 Å². The first kappa shape index (κ1) is 11.4. The van der Waals surface area contributed by atoms with Gasteiger partial charge in [0, 0.05) is 0 Å². The van der Waals surface area contributed by atoms with Gasteiger partial charge in [0.1, 0.15) is 0 Å². The Bertz CT molecular complexity index is 182. The van der Waals surface area contributed by atoms with Gasteiger partial charge in [-0.1, -0.05) is 45.4 Å². The lowest BCUT2D eigenvalue weighted by Crippen LogP contribution is -2.30. The third-order valence-corrected chi connectivity index (χ3v) is 4.75. The Morgan fingerprint density at radius 1 is 0.867 bits per heavy atom. The van der Waals surface area contributed by atoms with Crippen LogP contribution in [-0.2, 0) is 0 Å². The molecule has 2 fully saturated rings. The molecule has 2 aliphatic rings. The smallest absolute Gasteiger partial charge is 0.0599 e. The van der Waals surface area contributed by atoms with E-state index in [0.29, 0.717) is 11.8 Å². The molecule has 0 aromatic carbocycles. The third-order valence-electron chi connectivity index (χ3n) is 4.75. The summed E-state index contributed by atoms with van der Waals surface area (Å²) in [7, 11) is 0. The maximum absolute atomic E-state index is 10.5. The largest absolute Gasteiger partial charge is 0.393 e. The maximum atomic E-state index is 10.5. The Kier molecular flexibility index (Phi) is 4.07. The van der Waals surface area contributed by atoms with E-state index in [1.165, 1.54) is 57.8 Å². The molecule has 1 nitrogen and oxygen atoms in total. The summed E-state index contributed by atoms with van der Waals surface area (Å²) >= 11 is 0. The first-order chi connectivity index (χ1) is 7.29. The summed E-state index contributed by atoms with van der Waals surface area (Å²) in [6.45, 7) is 2.33. The van der Waals surface area contributed by atoms with Crippen molar-refractivity contribution in [3.63, 3.8) is 0 Å². The molecular weight excluding hydrogens is 184 g/mol. The van der Waals surface area contributed by atoms with Gasteiger partial charge in [-0.2, -0.15) is 0 Å². The zero-order chi connectivity index (χ0) is 10.7. The van der Waals surface area contributed by atoms with Crippen molar-refractivity contribution in [1.82, 2.24) is 0 Å². The van der Waals surface area contributed by atoms with Crippen LogP contribution >= 0.6 is 0 Å². The Labute approximate surface area is 94.3 Å². The molecule has 2 saturated carbocycles. The molecule has 0 spiro atoms. The lowest BCUT2D eigenvalue weighted by Gasteiger charge is -2.29. The molecular formula is C14H26O. The van der Waals surface area contributed by atoms with Gasteiger partial charge in [-0.15, -0.1) is 0 Å². The molecule has 2 aliphatic carbocycles. The molecule has 0 heterocycles. The number of aliphatic hydroxyl groups is 1. The molecule has 0 aromatic rings. The van der Waals surface area contributed by atoms with Crippen molar-refractivity contribution in [3.8, 4) is 0 Å². The Balaban J connectivity index is 1.90. The Morgan fingerprint density at radius 2 is 1.53 bits per heavy atom. The van der Waals surface area contributed by atoms with E-state index in [9.17, 15) is 5.11 Å². The highest BCUT2D eigenvalue weighted by Gasteiger charge is 2.34. The normalized spacial score (nSPS) is 36.4. The van der Waals surface area contributed by atoms with Gasteiger partial charge in [0.2, 0.25) is 0 Å². The number of hydrogen-bond acceptors (Lipinski definition) is 1. The third kappa shape index (κ3) is 2.75. The summed E-state index contributed by atoms with van der Waals surface area (Å²) in [5, 5.41) is 10.5. The monoisotopic (exact) mass is 210 g/mol. The highest BCUT2D eigenvalue weighted by atomic mass is 16.3. The molecule has 2 rings (SSSR count). The Hall–Kier alpha value is -0.0400. The predicted molar refractivity (Wildman–Crippen MR) is 63.7 cm³/mol. The van der Waals surface area contributed by atoms with Crippen LogP contribution in [0.4, 0.5) is 0 Å². The van der Waals surface area contributed by atoms with Gasteiger partial charge in [0.05, 0.1) is 6.10 Å². The van der Waals surface area contributed by atoms with Crippen LogP contribution in [0.15, 0.2) is 0 Å². The van der Waals surface area contributed by atoms with Crippen molar-refractivity contribution in [2.45, 2.75) is 70.8 Å². The molecule has 0 radical (unpaired) electrons. The number of aliphatic hydroxyl groups excluding tert-OH is 1. The SMILES string of the molecule is CC1CCCC1C(O)C1CCCCCC1. The van der Waals surface area contributed by atoms with E-state index in [1.807, 2.05) is 0 Å². The quantitative estimate of drug-likeness (QED) is 0.688. The maximum Gasteiger partial charge on any atom is 0.0599 e. The van der Waals surface area contributed by atoms with Crippen LogP contribution in [0.1, 0.15) is 64.7 Å². The highest BCUT2D eigenvalue weighted by Crippen LogP contribution is 2.39. The molecule has 0 aliphatic heterocycles. The lowest BCUT2D eigenvalue weighted by molar-refractivity contribution is 0.0300. The molecule has 0 aromatic heterocycles. The summed E-state index contributed by atoms with van der Waals surface area (Å²) in [5.41, 5.74) is 0. The molecule has 88 valence electrons. The highest BCUT2D eigenvalue weighted by molar-refractivity contribution is 4.84. The van der Waals surface area contributed by atoms with Crippen molar-refractivity contribution in [3.05, 3.63) is 0 Å². The van der Waals surface area contributed by atoms with Crippen LogP contribution in [-0.4, -0.2) is 11.2 Å². The number of hydrogen-bond donors (Lipinski definition) is 1. The van der Waals surface area contributed by atoms with E-state index in [0.717, 1.165) is 5.92 Å². The van der Waals surface area contributed by atoms with Crippen molar-refractivity contribution >= 4 is 0 Å². The summed E-state index contributed by atoms with van der Waals surface area (Å²) in [5.74, 6) is 2.01. The van der Waals surface area contributed by atoms with Crippen molar-refractivity contribution in [2.24, 2.45) is 17.8 Å². The van der Waals surface area contributed by atoms with E-state index >= 15 is 0 Å². The molecule has 1 heteroatoms. The summed E-state index contributed by atoms with van der Waals surface area (Å²) in [6.07, 6.45) is 12.0. The van der Waals surface area contributed by atoms with Crippen LogP contribution in [0.3, 0.4) is 0 Å². The van der Waals surface area contributed by atoms with Gasteiger partial charge in [-0.3, -0.25) is 0 Å². The first-order valence-corrected chi connectivity index (χ1v) is 6.97. The second-order valence-corrected chi connectivity index (χ2v) is 5.81. The fourth-order valence-corrected chi connectivity index (χ4v) is 3.68. The van der Waals surface area contributed by atoms with Gasteiger partial charge in [-0.25, -0.2) is 0 Å². The number of rotatable bonds is 2. The second-order valence-electron chi connectivity index (χ2n) is 5.81. The molecule has 3 unspecified atom stereocenters. The average molecular weight is 210 g/mol. The van der Waals surface area contributed by atoms with E-state index < -0.39 is 0 Å². The van der Waals surface area contributed by atoms with Crippen molar-refractivity contribution < 1.29 is 5.11 Å². The predicted octanol–water partition coefficient (Wildman–Crippen LogP) is 3.75. The Morgan fingerprint density at radius 3 is 2.07 bits per heavy atom. The topological polar surface area (TPSA) is 20.2 Å². The minimum Gasteiger partial charge on any atom is -0.393 e. The first-order valence-electron chi connectivity index (χ1n) is 6.97. The molecule has 15 heavy (non-hydrogen) atoms. The van der Waals surface area contributed by atoms with E-state index in [-0.39, 0.29) is 6.10 Å².